The molecule has 0 spiro atoms. The van der Waals surface area contributed by atoms with Crippen LogP contribution in [0.1, 0.15) is 27.6 Å². The molecule has 0 fully saturated rings. The van der Waals surface area contributed by atoms with Gasteiger partial charge in [-0.3, -0.25) is 9.59 Å². The summed E-state index contributed by atoms with van der Waals surface area (Å²) in [5, 5.41) is 0. The van der Waals surface area contributed by atoms with Crippen molar-refractivity contribution in [3.63, 3.8) is 0 Å². The molecule has 0 amide bonds. The summed E-state index contributed by atoms with van der Waals surface area (Å²) < 4.78 is 0.534. The third kappa shape index (κ3) is 1.23. The molecule has 0 aliphatic heterocycles. The van der Waals surface area contributed by atoms with E-state index in [0.717, 1.165) is 0 Å². The number of rotatable bonds is 0. The standard InChI is InChI=1S/C11H7IO2/c1-6-9(12)11(14)8-5-3-2-4-7(8)10(6)13/h2-5H,1H3. The molecule has 1 aromatic rings. The van der Waals surface area contributed by atoms with E-state index in [-0.39, 0.29) is 11.6 Å². The molecule has 1 aromatic carbocycles. The summed E-state index contributed by atoms with van der Waals surface area (Å²) in [5.41, 5.74) is 1.59. The fourth-order valence-electron chi connectivity index (χ4n) is 1.47. The van der Waals surface area contributed by atoms with Gasteiger partial charge in [-0.05, 0) is 29.5 Å². The number of ketones is 2. The van der Waals surface area contributed by atoms with E-state index < -0.39 is 0 Å². The lowest BCUT2D eigenvalue weighted by atomic mass is 9.90. The van der Waals surface area contributed by atoms with E-state index in [1.807, 2.05) is 22.6 Å². The lowest BCUT2D eigenvalue weighted by molar-refractivity contribution is 0.0983. The first-order chi connectivity index (χ1) is 6.63. The van der Waals surface area contributed by atoms with Gasteiger partial charge >= 0.3 is 0 Å². The van der Waals surface area contributed by atoms with E-state index in [2.05, 4.69) is 0 Å². The molecule has 0 bridgehead atoms. The molecule has 0 atom stereocenters. The van der Waals surface area contributed by atoms with Crippen molar-refractivity contribution in [3.8, 4) is 0 Å². The zero-order valence-electron chi connectivity index (χ0n) is 7.50. The van der Waals surface area contributed by atoms with Gasteiger partial charge in [0, 0.05) is 16.7 Å². The molecule has 2 nitrogen and oxygen atoms in total. The maximum atomic E-state index is 11.8. The minimum absolute atomic E-state index is 0.0374. The van der Waals surface area contributed by atoms with Gasteiger partial charge in [0.2, 0.25) is 0 Å². The van der Waals surface area contributed by atoms with Crippen LogP contribution in [-0.2, 0) is 0 Å². The molecule has 0 radical (unpaired) electrons. The summed E-state index contributed by atoms with van der Waals surface area (Å²) in [6.07, 6.45) is 0. The molecular formula is C11H7IO2. The molecule has 3 heteroatoms. The molecule has 0 saturated heterocycles. The van der Waals surface area contributed by atoms with Crippen LogP contribution in [0.5, 0.6) is 0 Å². The first-order valence-corrected chi connectivity index (χ1v) is 5.25. The molecule has 0 N–H and O–H groups in total. The molecule has 1 aliphatic rings. The number of Topliss-reactive ketones (excluding diaryl/α,β-unsaturated/α-hetero) is 2. The van der Waals surface area contributed by atoms with E-state index in [4.69, 9.17) is 0 Å². The fourth-order valence-corrected chi connectivity index (χ4v) is 2.00. The number of allylic oxidation sites excluding steroid dienone is 2. The second-order valence-corrected chi connectivity index (χ2v) is 4.22. The van der Waals surface area contributed by atoms with E-state index in [0.29, 0.717) is 20.3 Å². The average Bonchev–Trinajstić information content (AvgIpc) is 2.23. The number of fused-ring (bicyclic) bond motifs is 1. The molecule has 1 aliphatic carbocycles. The Morgan fingerprint density at radius 2 is 1.50 bits per heavy atom. The van der Waals surface area contributed by atoms with Crippen molar-refractivity contribution in [1.29, 1.82) is 0 Å². The first-order valence-electron chi connectivity index (χ1n) is 4.17. The molecule has 14 heavy (non-hydrogen) atoms. The van der Waals surface area contributed by atoms with E-state index >= 15 is 0 Å². The predicted molar refractivity (Wildman–Crippen MR) is 61.8 cm³/mol. The lowest BCUT2D eigenvalue weighted by Crippen LogP contribution is -2.17. The zero-order chi connectivity index (χ0) is 10.3. The smallest absolute Gasteiger partial charge is 0.200 e. The summed E-state index contributed by atoms with van der Waals surface area (Å²) in [6, 6.07) is 6.94. The average molecular weight is 298 g/mol. The van der Waals surface area contributed by atoms with Crippen molar-refractivity contribution in [3.05, 3.63) is 44.5 Å². The van der Waals surface area contributed by atoms with Crippen LogP contribution in [0.4, 0.5) is 0 Å². The van der Waals surface area contributed by atoms with Gasteiger partial charge in [-0.25, -0.2) is 0 Å². The lowest BCUT2D eigenvalue weighted by Gasteiger charge is -2.14. The SMILES string of the molecule is CC1=C(I)C(=O)c2ccccc2C1=O. The van der Waals surface area contributed by atoms with Crippen molar-refractivity contribution in [2.45, 2.75) is 6.92 Å². The Kier molecular flexibility index (Phi) is 2.26. The Hall–Kier alpha value is -0.970. The Bertz CT molecular complexity index is 429. The van der Waals surface area contributed by atoms with Gasteiger partial charge in [-0.2, -0.15) is 0 Å². The number of carbonyl (C=O) groups is 2. The number of benzene rings is 1. The third-order valence-corrected chi connectivity index (χ3v) is 3.58. The number of halogens is 1. The normalized spacial score (nSPS) is 15.9. The summed E-state index contributed by atoms with van der Waals surface area (Å²) in [6.45, 7) is 1.69. The fraction of sp³-hybridized carbons (Fsp3) is 0.0909. The maximum Gasteiger partial charge on any atom is 0.200 e. The van der Waals surface area contributed by atoms with Gasteiger partial charge in [-0.15, -0.1) is 0 Å². The molecule has 0 aromatic heterocycles. The maximum absolute atomic E-state index is 11.8. The largest absolute Gasteiger partial charge is 0.289 e. The zero-order valence-corrected chi connectivity index (χ0v) is 9.66. The Labute approximate surface area is 95.1 Å². The highest BCUT2D eigenvalue weighted by Gasteiger charge is 2.27. The van der Waals surface area contributed by atoms with Crippen molar-refractivity contribution in [2.24, 2.45) is 0 Å². The van der Waals surface area contributed by atoms with Crippen molar-refractivity contribution in [2.75, 3.05) is 0 Å². The van der Waals surface area contributed by atoms with Crippen LogP contribution in [0.25, 0.3) is 0 Å². The number of hydrogen-bond donors (Lipinski definition) is 0. The van der Waals surface area contributed by atoms with Gasteiger partial charge in [0.1, 0.15) is 0 Å². The molecule has 70 valence electrons. The second kappa shape index (κ2) is 3.31. The van der Waals surface area contributed by atoms with Crippen molar-refractivity contribution >= 4 is 34.2 Å². The van der Waals surface area contributed by atoms with Crippen LogP contribution in [0.15, 0.2) is 33.4 Å². The Morgan fingerprint density at radius 3 is 2.07 bits per heavy atom. The summed E-state index contributed by atoms with van der Waals surface area (Å²) >= 11 is 1.93. The highest BCUT2D eigenvalue weighted by molar-refractivity contribution is 14.1. The van der Waals surface area contributed by atoms with Crippen molar-refractivity contribution in [1.82, 2.24) is 0 Å². The first kappa shape index (κ1) is 9.58. The highest BCUT2D eigenvalue weighted by Crippen LogP contribution is 2.29. The Balaban J connectivity index is 2.73. The van der Waals surface area contributed by atoms with Crippen LogP contribution >= 0.6 is 22.6 Å². The van der Waals surface area contributed by atoms with Crippen LogP contribution in [-0.4, -0.2) is 11.6 Å². The monoisotopic (exact) mass is 298 g/mol. The minimum Gasteiger partial charge on any atom is -0.289 e. The van der Waals surface area contributed by atoms with Crippen LogP contribution in [0.3, 0.4) is 0 Å². The summed E-state index contributed by atoms with van der Waals surface area (Å²) in [4.78, 5) is 23.5. The van der Waals surface area contributed by atoms with Crippen LogP contribution in [0, 0.1) is 0 Å². The second-order valence-electron chi connectivity index (χ2n) is 3.14. The van der Waals surface area contributed by atoms with Crippen LogP contribution < -0.4 is 0 Å². The van der Waals surface area contributed by atoms with E-state index in [9.17, 15) is 9.59 Å². The quantitative estimate of drug-likeness (QED) is 0.690. The molecule has 2 rings (SSSR count). The molecule has 0 heterocycles. The molecule has 0 unspecified atom stereocenters. The van der Waals surface area contributed by atoms with E-state index in [1.165, 1.54) is 0 Å². The minimum atomic E-state index is -0.0432. The van der Waals surface area contributed by atoms with Crippen LogP contribution in [0.2, 0.25) is 0 Å². The summed E-state index contributed by atoms with van der Waals surface area (Å²) in [7, 11) is 0. The van der Waals surface area contributed by atoms with Gasteiger partial charge in [0.15, 0.2) is 11.6 Å². The topological polar surface area (TPSA) is 34.1 Å². The third-order valence-electron chi connectivity index (χ3n) is 2.29. The summed E-state index contributed by atoms with van der Waals surface area (Å²) in [5.74, 6) is -0.0806. The van der Waals surface area contributed by atoms with Gasteiger partial charge in [-0.1, -0.05) is 24.3 Å². The van der Waals surface area contributed by atoms with Gasteiger partial charge in [0.05, 0.1) is 3.58 Å². The van der Waals surface area contributed by atoms with Crippen molar-refractivity contribution < 1.29 is 9.59 Å². The molecule has 0 saturated carbocycles. The van der Waals surface area contributed by atoms with Gasteiger partial charge < -0.3 is 0 Å². The highest BCUT2D eigenvalue weighted by atomic mass is 127. The number of hydrogen-bond acceptors (Lipinski definition) is 2. The van der Waals surface area contributed by atoms with Gasteiger partial charge in [0.25, 0.3) is 0 Å². The number of carbonyl (C=O) groups excluding carboxylic acids is 2. The molecular weight excluding hydrogens is 291 g/mol. The van der Waals surface area contributed by atoms with E-state index in [1.54, 1.807) is 31.2 Å². The predicted octanol–water partition coefficient (Wildman–Crippen LogP) is 2.77. The Morgan fingerprint density at radius 1 is 1.00 bits per heavy atom.